The molecule has 1 saturated carbocycles. The molecule has 3 heteroatoms. The molecule has 1 rings (SSSR count). The SMILES string of the molecule is CC1CCCCC1CNC(=O)CCCCCN. The number of unbranched alkanes of at least 4 members (excludes halogenated alkanes) is 2. The number of amides is 1. The van der Waals surface area contributed by atoms with Gasteiger partial charge in [-0.3, -0.25) is 4.79 Å². The summed E-state index contributed by atoms with van der Waals surface area (Å²) >= 11 is 0. The Morgan fingerprint density at radius 3 is 2.71 bits per heavy atom. The maximum absolute atomic E-state index is 11.6. The summed E-state index contributed by atoms with van der Waals surface area (Å²) in [5, 5.41) is 3.09. The fourth-order valence-corrected chi connectivity index (χ4v) is 2.64. The van der Waals surface area contributed by atoms with Crippen molar-refractivity contribution < 1.29 is 4.79 Å². The molecule has 0 aromatic heterocycles. The smallest absolute Gasteiger partial charge is 0.220 e. The maximum atomic E-state index is 11.6. The lowest BCUT2D eigenvalue weighted by atomic mass is 9.80. The Morgan fingerprint density at radius 2 is 2.00 bits per heavy atom. The zero-order valence-electron chi connectivity index (χ0n) is 11.2. The van der Waals surface area contributed by atoms with Gasteiger partial charge in [0.05, 0.1) is 0 Å². The van der Waals surface area contributed by atoms with Crippen LogP contribution in [0.4, 0.5) is 0 Å². The second-order valence-corrected chi connectivity index (χ2v) is 5.43. The number of hydrogen-bond donors (Lipinski definition) is 2. The minimum atomic E-state index is 0.222. The van der Waals surface area contributed by atoms with E-state index in [0.717, 1.165) is 38.3 Å². The van der Waals surface area contributed by atoms with Crippen LogP contribution in [0.3, 0.4) is 0 Å². The van der Waals surface area contributed by atoms with Gasteiger partial charge in [0.25, 0.3) is 0 Å². The highest BCUT2D eigenvalue weighted by Gasteiger charge is 2.21. The summed E-state index contributed by atoms with van der Waals surface area (Å²) in [5.41, 5.74) is 5.42. The predicted molar refractivity (Wildman–Crippen MR) is 71.7 cm³/mol. The Labute approximate surface area is 106 Å². The van der Waals surface area contributed by atoms with Crippen molar-refractivity contribution in [2.75, 3.05) is 13.1 Å². The summed E-state index contributed by atoms with van der Waals surface area (Å²) in [6.07, 6.45) is 9.07. The van der Waals surface area contributed by atoms with Gasteiger partial charge in [0.15, 0.2) is 0 Å². The molecule has 0 aromatic rings. The van der Waals surface area contributed by atoms with Crippen molar-refractivity contribution >= 4 is 5.91 Å². The van der Waals surface area contributed by atoms with Gasteiger partial charge >= 0.3 is 0 Å². The molecule has 0 aliphatic heterocycles. The maximum Gasteiger partial charge on any atom is 0.220 e. The zero-order chi connectivity index (χ0) is 12.5. The first kappa shape index (κ1) is 14.5. The van der Waals surface area contributed by atoms with Crippen LogP contribution >= 0.6 is 0 Å². The normalized spacial score (nSPS) is 24.6. The van der Waals surface area contributed by atoms with Crippen molar-refractivity contribution in [2.24, 2.45) is 17.6 Å². The molecule has 0 aromatic carbocycles. The molecule has 0 bridgehead atoms. The minimum Gasteiger partial charge on any atom is -0.356 e. The molecular formula is C14H28N2O. The van der Waals surface area contributed by atoms with Gasteiger partial charge in [-0.05, 0) is 37.6 Å². The first-order chi connectivity index (χ1) is 8.24. The van der Waals surface area contributed by atoms with Crippen molar-refractivity contribution in [3.8, 4) is 0 Å². The van der Waals surface area contributed by atoms with Gasteiger partial charge in [-0.15, -0.1) is 0 Å². The van der Waals surface area contributed by atoms with Crippen LogP contribution in [0, 0.1) is 11.8 Å². The molecular weight excluding hydrogens is 212 g/mol. The van der Waals surface area contributed by atoms with Gasteiger partial charge in [0.2, 0.25) is 5.91 Å². The molecule has 17 heavy (non-hydrogen) atoms. The highest BCUT2D eigenvalue weighted by atomic mass is 16.1. The molecule has 2 unspecified atom stereocenters. The van der Waals surface area contributed by atoms with E-state index in [1.165, 1.54) is 25.7 Å². The number of hydrogen-bond acceptors (Lipinski definition) is 2. The summed E-state index contributed by atoms with van der Waals surface area (Å²) in [6.45, 7) is 3.94. The molecule has 1 fully saturated rings. The van der Waals surface area contributed by atoms with Crippen LogP contribution in [-0.4, -0.2) is 19.0 Å². The quantitative estimate of drug-likeness (QED) is 0.672. The molecule has 0 heterocycles. The fraction of sp³-hybridized carbons (Fsp3) is 0.929. The van der Waals surface area contributed by atoms with E-state index in [2.05, 4.69) is 12.2 Å². The summed E-state index contributed by atoms with van der Waals surface area (Å²) in [4.78, 5) is 11.6. The van der Waals surface area contributed by atoms with Crippen LogP contribution in [0.1, 0.15) is 58.3 Å². The lowest BCUT2D eigenvalue weighted by molar-refractivity contribution is -0.121. The van der Waals surface area contributed by atoms with Crippen molar-refractivity contribution in [3.63, 3.8) is 0 Å². The highest BCUT2D eigenvalue weighted by Crippen LogP contribution is 2.28. The van der Waals surface area contributed by atoms with Crippen LogP contribution in [0.5, 0.6) is 0 Å². The van der Waals surface area contributed by atoms with Gasteiger partial charge in [-0.25, -0.2) is 0 Å². The van der Waals surface area contributed by atoms with Gasteiger partial charge in [0, 0.05) is 13.0 Å². The Kier molecular flexibility index (Phi) is 7.25. The van der Waals surface area contributed by atoms with E-state index in [-0.39, 0.29) is 5.91 Å². The molecule has 3 N–H and O–H groups in total. The Morgan fingerprint density at radius 1 is 1.24 bits per heavy atom. The van der Waals surface area contributed by atoms with E-state index in [9.17, 15) is 4.79 Å². The van der Waals surface area contributed by atoms with Crippen LogP contribution in [0.2, 0.25) is 0 Å². The number of nitrogens with two attached hydrogens (primary N) is 1. The zero-order valence-corrected chi connectivity index (χ0v) is 11.2. The second-order valence-electron chi connectivity index (χ2n) is 5.43. The Hall–Kier alpha value is -0.570. The summed E-state index contributed by atoms with van der Waals surface area (Å²) in [5.74, 6) is 1.71. The van der Waals surface area contributed by atoms with Crippen LogP contribution < -0.4 is 11.1 Å². The molecule has 100 valence electrons. The number of carbonyl (C=O) groups excluding carboxylic acids is 1. The second kappa shape index (κ2) is 8.51. The molecule has 3 nitrogen and oxygen atoms in total. The molecule has 0 saturated heterocycles. The third kappa shape index (κ3) is 6.06. The molecule has 0 radical (unpaired) electrons. The van der Waals surface area contributed by atoms with E-state index in [1.54, 1.807) is 0 Å². The highest BCUT2D eigenvalue weighted by molar-refractivity contribution is 5.75. The topological polar surface area (TPSA) is 55.1 Å². The van der Waals surface area contributed by atoms with Crippen molar-refractivity contribution in [1.82, 2.24) is 5.32 Å². The van der Waals surface area contributed by atoms with E-state index < -0.39 is 0 Å². The molecule has 0 spiro atoms. The molecule has 2 atom stereocenters. The predicted octanol–water partition coefficient (Wildman–Crippen LogP) is 2.45. The van der Waals surface area contributed by atoms with Crippen LogP contribution in [0.25, 0.3) is 0 Å². The number of nitrogens with one attached hydrogen (secondary N) is 1. The van der Waals surface area contributed by atoms with Crippen molar-refractivity contribution in [1.29, 1.82) is 0 Å². The Balaban J connectivity index is 2.06. The van der Waals surface area contributed by atoms with Gasteiger partial charge < -0.3 is 11.1 Å². The molecule has 1 aliphatic carbocycles. The Bertz CT molecular complexity index is 218. The fourth-order valence-electron chi connectivity index (χ4n) is 2.64. The van der Waals surface area contributed by atoms with Crippen molar-refractivity contribution in [3.05, 3.63) is 0 Å². The van der Waals surface area contributed by atoms with Crippen molar-refractivity contribution in [2.45, 2.75) is 58.3 Å². The lowest BCUT2D eigenvalue weighted by Gasteiger charge is -2.28. The third-order valence-electron chi connectivity index (χ3n) is 3.96. The molecule has 1 amide bonds. The summed E-state index contributed by atoms with van der Waals surface area (Å²) in [7, 11) is 0. The average Bonchev–Trinajstić information content (AvgIpc) is 2.34. The monoisotopic (exact) mass is 240 g/mol. The lowest BCUT2D eigenvalue weighted by Crippen LogP contribution is -2.33. The van der Waals surface area contributed by atoms with E-state index in [0.29, 0.717) is 12.3 Å². The van der Waals surface area contributed by atoms with Crippen LogP contribution in [-0.2, 0) is 4.79 Å². The molecule has 1 aliphatic rings. The van der Waals surface area contributed by atoms with E-state index >= 15 is 0 Å². The summed E-state index contributed by atoms with van der Waals surface area (Å²) in [6, 6.07) is 0. The standard InChI is InChI=1S/C14H28N2O/c1-12-7-4-5-8-13(12)11-16-14(17)9-3-2-6-10-15/h12-13H,2-11,15H2,1H3,(H,16,17). The average molecular weight is 240 g/mol. The van der Waals surface area contributed by atoms with Gasteiger partial charge in [0.1, 0.15) is 0 Å². The first-order valence-electron chi connectivity index (χ1n) is 7.20. The largest absolute Gasteiger partial charge is 0.356 e. The minimum absolute atomic E-state index is 0.222. The van der Waals surface area contributed by atoms with E-state index in [1.807, 2.05) is 0 Å². The van der Waals surface area contributed by atoms with Gasteiger partial charge in [-0.2, -0.15) is 0 Å². The number of carbonyl (C=O) groups is 1. The summed E-state index contributed by atoms with van der Waals surface area (Å²) < 4.78 is 0. The van der Waals surface area contributed by atoms with Gasteiger partial charge in [-0.1, -0.05) is 32.6 Å². The number of rotatable bonds is 7. The van der Waals surface area contributed by atoms with Crippen LogP contribution in [0.15, 0.2) is 0 Å². The third-order valence-corrected chi connectivity index (χ3v) is 3.96. The first-order valence-corrected chi connectivity index (χ1v) is 7.20. The van der Waals surface area contributed by atoms with E-state index in [4.69, 9.17) is 5.73 Å².